The zero-order valence-electron chi connectivity index (χ0n) is 16.5. The Morgan fingerprint density at radius 2 is 1.87 bits per heavy atom. The number of rotatable bonds is 3. The quantitative estimate of drug-likeness (QED) is 0.272. The van der Waals surface area contributed by atoms with Crippen LogP contribution < -0.4 is 10.2 Å². The highest BCUT2D eigenvalue weighted by Gasteiger charge is 2.35. The molecule has 1 saturated heterocycles. The van der Waals surface area contributed by atoms with Gasteiger partial charge in [-0.05, 0) is 84.0 Å². The van der Waals surface area contributed by atoms with Crippen LogP contribution in [0.5, 0.6) is 0 Å². The summed E-state index contributed by atoms with van der Waals surface area (Å²) in [5.74, 6) is -0.154. The van der Waals surface area contributed by atoms with E-state index in [9.17, 15) is 9.59 Å². The Morgan fingerprint density at radius 3 is 2.58 bits per heavy atom. The highest BCUT2D eigenvalue weighted by atomic mass is 79.9. The van der Waals surface area contributed by atoms with Gasteiger partial charge in [0.25, 0.3) is 11.8 Å². The van der Waals surface area contributed by atoms with Crippen LogP contribution in [0.25, 0.3) is 17.4 Å². The lowest BCUT2D eigenvalue weighted by molar-refractivity contribution is -0.122. The minimum Gasteiger partial charge on any atom is -0.457 e. The summed E-state index contributed by atoms with van der Waals surface area (Å²) in [7, 11) is 0. The first-order chi connectivity index (χ1) is 14.7. The Bertz CT molecular complexity index is 1280. The Balaban J connectivity index is 1.69. The van der Waals surface area contributed by atoms with Crippen LogP contribution in [0, 0.1) is 13.8 Å². The molecule has 2 heterocycles. The van der Waals surface area contributed by atoms with Crippen molar-refractivity contribution in [3.63, 3.8) is 0 Å². The van der Waals surface area contributed by atoms with Crippen LogP contribution in [0.15, 0.2) is 63.0 Å². The minimum absolute atomic E-state index is 0.0451. The van der Waals surface area contributed by atoms with Crippen molar-refractivity contribution >= 4 is 68.4 Å². The zero-order valence-corrected chi connectivity index (χ0v) is 19.7. The average Bonchev–Trinajstić information content (AvgIpc) is 3.17. The highest BCUT2D eigenvalue weighted by molar-refractivity contribution is 9.10. The molecular weight excluding hydrogens is 500 g/mol. The Kier molecular flexibility index (Phi) is 5.83. The van der Waals surface area contributed by atoms with Gasteiger partial charge in [-0.2, -0.15) is 0 Å². The number of hydrogen-bond acceptors (Lipinski definition) is 4. The molecule has 2 aromatic carbocycles. The lowest BCUT2D eigenvalue weighted by Gasteiger charge is -2.30. The van der Waals surface area contributed by atoms with E-state index in [1.807, 2.05) is 44.2 Å². The molecule has 1 aromatic heterocycles. The number of hydrogen-bond donors (Lipinski definition) is 1. The predicted octanol–water partition coefficient (Wildman–Crippen LogP) is 5.81. The van der Waals surface area contributed by atoms with Crippen LogP contribution >= 0.6 is 39.7 Å². The second kappa shape index (κ2) is 8.42. The highest BCUT2D eigenvalue weighted by Crippen LogP contribution is 2.31. The molecule has 0 bridgehead atoms. The first-order valence-corrected chi connectivity index (χ1v) is 10.9. The van der Waals surface area contributed by atoms with Gasteiger partial charge in [-0.25, -0.2) is 0 Å². The third-order valence-electron chi connectivity index (χ3n) is 4.81. The van der Waals surface area contributed by atoms with Crippen LogP contribution in [-0.4, -0.2) is 16.9 Å². The predicted molar refractivity (Wildman–Crippen MR) is 129 cm³/mol. The van der Waals surface area contributed by atoms with Crippen LogP contribution in [-0.2, 0) is 9.59 Å². The van der Waals surface area contributed by atoms with Gasteiger partial charge in [0.15, 0.2) is 5.11 Å². The number of amides is 2. The molecule has 1 aliphatic heterocycles. The van der Waals surface area contributed by atoms with E-state index in [2.05, 4.69) is 21.2 Å². The van der Waals surface area contributed by atoms with Gasteiger partial charge in [0, 0.05) is 10.0 Å². The summed E-state index contributed by atoms with van der Waals surface area (Å²) in [6, 6.07) is 14.5. The normalized spacial score (nSPS) is 15.5. The van der Waals surface area contributed by atoms with Gasteiger partial charge in [0.05, 0.1) is 10.7 Å². The number of halogens is 2. The molecule has 1 N–H and O–H groups in total. The maximum atomic E-state index is 13.2. The van der Waals surface area contributed by atoms with E-state index in [0.29, 0.717) is 22.2 Å². The van der Waals surface area contributed by atoms with Crippen LogP contribution in [0.3, 0.4) is 0 Å². The van der Waals surface area contributed by atoms with E-state index >= 15 is 0 Å². The molecule has 0 radical (unpaired) electrons. The molecule has 4 rings (SSSR count). The van der Waals surface area contributed by atoms with E-state index in [0.717, 1.165) is 21.2 Å². The minimum atomic E-state index is -0.569. The van der Waals surface area contributed by atoms with Crippen molar-refractivity contribution < 1.29 is 14.0 Å². The van der Waals surface area contributed by atoms with E-state index in [1.165, 1.54) is 11.0 Å². The molecule has 5 nitrogen and oxygen atoms in total. The molecule has 0 atom stereocenters. The first-order valence-electron chi connectivity index (χ1n) is 9.28. The fraction of sp³-hybridized carbons (Fsp3) is 0.0870. The number of nitrogens with one attached hydrogen (secondary N) is 1. The zero-order chi connectivity index (χ0) is 22.3. The SMILES string of the molecule is Cc1ccc(N2C(=O)/C(=C/c3ccc(-c4ccc(Br)c(Cl)c4)o3)C(=O)NC2=S)c(C)c1. The van der Waals surface area contributed by atoms with E-state index in [4.69, 9.17) is 28.2 Å². The van der Waals surface area contributed by atoms with Crippen molar-refractivity contribution in [3.8, 4) is 11.3 Å². The lowest BCUT2D eigenvalue weighted by atomic mass is 10.1. The number of carbonyl (C=O) groups excluding carboxylic acids is 2. The first kappa shape index (κ1) is 21.5. The van der Waals surface area contributed by atoms with Gasteiger partial charge < -0.3 is 4.42 Å². The van der Waals surface area contributed by atoms with E-state index in [-0.39, 0.29) is 10.7 Å². The van der Waals surface area contributed by atoms with Crippen molar-refractivity contribution in [2.75, 3.05) is 4.90 Å². The third-order valence-corrected chi connectivity index (χ3v) is 6.33. The number of aryl methyl sites for hydroxylation is 2. The molecule has 2 amide bonds. The van der Waals surface area contributed by atoms with Crippen LogP contribution in [0.2, 0.25) is 5.02 Å². The topological polar surface area (TPSA) is 62.6 Å². The lowest BCUT2D eigenvalue weighted by Crippen LogP contribution is -2.54. The summed E-state index contributed by atoms with van der Waals surface area (Å²) in [6.45, 7) is 3.85. The Labute approximate surface area is 197 Å². The molecule has 0 spiro atoms. The molecule has 0 aliphatic carbocycles. The van der Waals surface area contributed by atoms with Gasteiger partial charge in [-0.1, -0.05) is 35.4 Å². The maximum Gasteiger partial charge on any atom is 0.270 e. The van der Waals surface area contributed by atoms with Gasteiger partial charge in [0.1, 0.15) is 17.1 Å². The molecule has 8 heteroatoms. The summed E-state index contributed by atoms with van der Waals surface area (Å²) in [4.78, 5) is 27.0. The van der Waals surface area contributed by atoms with E-state index < -0.39 is 11.8 Å². The molecule has 31 heavy (non-hydrogen) atoms. The third kappa shape index (κ3) is 4.21. The fourth-order valence-electron chi connectivity index (χ4n) is 3.31. The summed E-state index contributed by atoms with van der Waals surface area (Å²) >= 11 is 14.8. The molecule has 3 aromatic rings. The monoisotopic (exact) mass is 514 g/mol. The Hall–Kier alpha value is -2.74. The van der Waals surface area contributed by atoms with Gasteiger partial charge in [-0.15, -0.1) is 0 Å². The van der Waals surface area contributed by atoms with Gasteiger partial charge in [-0.3, -0.25) is 19.8 Å². The molecule has 1 fully saturated rings. The van der Waals surface area contributed by atoms with Crippen molar-refractivity contribution in [2.45, 2.75) is 13.8 Å². The largest absolute Gasteiger partial charge is 0.457 e. The van der Waals surface area contributed by atoms with E-state index in [1.54, 1.807) is 18.2 Å². The summed E-state index contributed by atoms with van der Waals surface area (Å²) in [6.07, 6.45) is 1.42. The number of nitrogens with zero attached hydrogens (tertiary/aromatic N) is 1. The standard InChI is InChI=1S/C23H16BrClN2O3S/c1-12-3-7-19(13(2)9-12)27-22(29)16(21(28)26-23(27)31)11-15-5-8-20(30-15)14-4-6-17(24)18(25)10-14/h3-11H,1-2H3,(H,26,28,31)/b16-11+. The number of benzene rings is 2. The Morgan fingerprint density at radius 1 is 1.10 bits per heavy atom. The van der Waals surface area contributed by atoms with Crippen molar-refractivity contribution in [2.24, 2.45) is 0 Å². The number of anilines is 1. The maximum absolute atomic E-state index is 13.2. The van der Waals surface area contributed by atoms with Crippen molar-refractivity contribution in [3.05, 3.63) is 80.5 Å². The molecular formula is C23H16BrClN2O3S. The molecule has 0 unspecified atom stereocenters. The molecule has 0 saturated carbocycles. The van der Waals surface area contributed by atoms with Crippen molar-refractivity contribution in [1.29, 1.82) is 0 Å². The fourth-order valence-corrected chi connectivity index (χ4v) is 4.01. The van der Waals surface area contributed by atoms with Gasteiger partial charge in [0.2, 0.25) is 0 Å². The summed E-state index contributed by atoms with van der Waals surface area (Å²) in [5, 5.41) is 3.18. The molecule has 1 aliphatic rings. The summed E-state index contributed by atoms with van der Waals surface area (Å²) < 4.78 is 6.61. The van der Waals surface area contributed by atoms with Crippen LogP contribution in [0.1, 0.15) is 16.9 Å². The smallest absolute Gasteiger partial charge is 0.270 e. The summed E-state index contributed by atoms with van der Waals surface area (Å²) in [5.41, 5.74) is 3.26. The second-order valence-corrected chi connectivity index (χ2v) is 8.73. The van der Waals surface area contributed by atoms with Crippen LogP contribution in [0.4, 0.5) is 5.69 Å². The average molecular weight is 516 g/mol. The van der Waals surface area contributed by atoms with Crippen molar-refractivity contribution in [1.82, 2.24) is 5.32 Å². The second-order valence-electron chi connectivity index (χ2n) is 7.08. The molecule has 156 valence electrons. The number of furan rings is 1. The van der Waals surface area contributed by atoms with Gasteiger partial charge >= 0.3 is 0 Å². The number of carbonyl (C=O) groups is 2. The number of thiocarbonyl (C=S) groups is 1.